The molecule has 0 radical (unpaired) electrons. The maximum atomic E-state index is 11.8. The number of aryl methyl sites for hydroxylation is 1. The number of benzene rings is 1. The monoisotopic (exact) mass is 274 g/mol. The Morgan fingerprint density at radius 1 is 1.30 bits per heavy atom. The number of nitrogens with one attached hydrogen (secondary N) is 1. The van der Waals surface area contributed by atoms with Gasteiger partial charge in [-0.3, -0.25) is 4.79 Å². The molecular weight excluding hydrogens is 256 g/mol. The van der Waals surface area contributed by atoms with E-state index in [9.17, 15) is 4.79 Å². The topological polar surface area (TPSA) is 64.4 Å². The van der Waals surface area contributed by atoms with Crippen LogP contribution in [0.15, 0.2) is 34.9 Å². The molecule has 5 heteroatoms. The van der Waals surface area contributed by atoms with Crippen LogP contribution < -0.4 is 5.32 Å². The van der Waals surface area contributed by atoms with Gasteiger partial charge in [0.05, 0.1) is 12.3 Å². The van der Waals surface area contributed by atoms with Crippen molar-refractivity contribution in [3.63, 3.8) is 0 Å². The zero-order valence-corrected chi connectivity index (χ0v) is 11.7. The SMILES string of the molecule is CCOCc1ccc(CNC(=O)c2cc(C)no2)cc1. The Morgan fingerprint density at radius 2 is 2.00 bits per heavy atom. The van der Waals surface area contributed by atoms with Crippen LogP contribution in [-0.4, -0.2) is 17.7 Å². The third kappa shape index (κ3) is 3.93. The first-order valence-electron chi connectivity index (χ1n) is 6.56. The highest BCUT2D eigenvalue weighted by Crippen LogP contribution is 2.07. The van der Waals surface area contributed by atoms with Crippen LogP contribution in [0.5, 0.6) is 0 Å². The van der Waals surface area contributed by atoms with E-state index in [4.69, 9.17) is 9.26 Å². The molecule has 106 valence electrons. The summed E-state index contributed by atoms with van der Waals surface area (Å²) >= 11 is 0. The summed E-state index contributed by atoms with van der Waals surface area (Å²) in [6.45, 7) is 5.51. The fourth-order valence-electron chi connectivity index (χ4n) is 1.71. The minimum Gasteiger partial charge on any atom is -0.377 e. The number of carbonyl (C=O) groups is 1. The lowest BCUT2D eigenvalue weighted by Gasteiger charge is -2.05. The molecule has 20 heavy (non-hydrogen) atoms. The zero-order valence-electron chi connectivity index (χ0n) is 11.7. The predicted molar refractivity (Wildman–Crippen MR) is 74.2 cm³/mol. The van der Waals surface area contributed by atoms with E-state index >= 15 is 0 Å². The Morgan fingerprint density at radius 3 is 2.60 bits per heavy atom. The lowest BCUT2D eigenvalue weighted by molar-refractivity contribution is 0.0914. The lowest BCUT2D eigenvalue weighted by Crippen LogP contribution is -2.22. The lowest BCUT2D eigenvalue weighted by atomic mass is 10.1. The number of amides is 1. The van der Waals surface area contributed by atoms with Crippen molar-refractivity contribution >= 4 is 5.91 Å². The van der Waals surface area contributed by atoms with Crippen molar-refractivity contribution in [1.29, 1.82) is 0 Å². The normalized spacial score (nSPS) is 10.5. The minimum atomic E-state index is -0.260. The van der Waals surface area contributed by atoms with E-state index in [1.165, 1.54) is 0 Å². The fourth-order valence-corrected chi connectivity index (χ4v) is 1.71. The van der Waals surface area contributed by atoms with Gasteiger partial charge in [0.25, 0.3) is 5.91 Å². The molecule has 0 saturated heterocycles. The van der Waals surface area contributed by atoms with E-state index in [0.29, 0.717) is 25.5 Å². The number of ether oxygens (including phenoxy) is 1. The van der Waals surface area contributed by atoms with Crippen LogP contribution in [-0.2, 0) is 17.9 Å². The molecule has 2 aromatic rings. The zero-order chi connectivity index (χ0) is 14.4. The first-order valence-corrected chi connectivity index (χ1v) is 6.56. The largest absolute Gasteiger partial charge is 0.377 e. The Kier molecular flexibility index (Phi) is 4.90. The number of rotatable bonds is 6. The van der Waals surface area contributed by atoms with Gasteiger partial charge in [-0.15, -0.1) is 0 Å². The summed E-state index contributed by atoms with van der Waals surface area (Å²) in [4.78, 5) is 11.8. The molecule has 0 atom stereocenters. The molecule has 0 saturated carbocycles. The molecule has 0 aliphatic rings. The maximum Gasteiger partial charge on any atom is 0.290 e. The second-order valence-corrected chi connectivity index (χ2v) is 4.47. The van der Waals surface area contributed by atoms with E-state index in [2.05, 4.69) is 10.5 Å². The molecule has 0 bridgehead atoms. The van der Waals surface area contributed by atoms with E-state index in [0.717, 1.165) is 11.1 Å². The molecule has 0 aliphatic carbocycles. The molecule has 0 aliphatic heterocycles. The molecule has 1 aromatic carbocycles. The van der Waals surface area contributed by atoms with Gasteiger partial charge in [-0.2, -0.15) is 0 Å². The third-order valence-electron chi connectivity index (χ3n) is 2.80. The van der Waals surface area contributed by atoms with Gasteiger partial charge >= 0.3 is 0 Å². The molecule has 0 fully saturated rings. The minimum absolute atomic E-state index is 0.232. The predicted octanol–water partition coefficient (Wildman–Crippen LogP) is 2.45. The molecule has 1 aromatic heterocycles. The first-order chi connectivity index (χ1) is 9.69. The summed E-state index contributed by atoms with van der Waals surface area (Å²) in [5.74, 6) is -0.0283. The van der Waals surface area contributed by atoms with Crippen molar-refractivity contribution in [2.24, 2.45) is 0 Å². The summed E-state index contributed by atoms with van der Waals surface area (Å²) in [6.07, 6.45) is 0. The van der Waals surface area contributed by atoms with Gasteiger partial charge in [-0.25, -0.2) is 0 Å². The molecule has 5 nitrogen and oxygen atoms in total. The van der Waals surface area contributed by atoms with Crippen molar-refractivity contribution in [2.45, 2.75) is 27.0 Å². The number of hydrogen-bond donors (Lipinski definition) is 1. The highest BCUT2D eigenvalue weighted by atomic mass is 16.5. The van der Waals surface area contributed by atoms with E-state index < -0.39 is 0 Å². The van der Waals surface area contributed by atoms with Gasteiger partial charge in [0.2, 0.25) is 5.76 Å². The summed E-state index contributed by atoms with van der Waals surface area (Å²) < 4.78 is 10.2. The first kappa shape index (κ1) is 14.3. The molecule has 1 heterocycles. The number of nitrogens with zero attached hydrogens (tertiary/aromatic N) is 1. The smallest absolute Gasteiger partial charge is 0.290 e. The van der Waals surface area contributed by atoms with Crippen molar-refractivity contribution in [2.75, 3.05) is 6.61 Å². The molecular formula is C15H18N2O3. The second kappa shape index (κ2) is 6.86. The van der Waals surface area contributed by atoms with E-state index in [1.54, 1.807) is 13.0 Å². The van der Waals surface area contributed by atoms with Gasteiger partial charge in [0.1, 0.15) is 0 Å². The average molecular weight is 274 g/mol. The Labute approximate surface area is 117 Å². The number of aromatic nitrogens is 1. The quantitative estimate of drug-likeness (QED) is 0.878. The van der Waals surface area contributed by atoms with Crippen LogP contribution in [0.4, 0.5) is 0 Å². The average Bonchev–Trinajstić information content (AvgIpc) is 2.90. The third-order valence-corrected chi connectivity index (χ3v) is 2.80. The van der Waals surface area contributed by atoms with Crippen LogP contribution in [0, 0.1) is 6.92 Å². The summed E-state index contributed by atoms with van der Waals surface area (Å²) in [7, 11) is 0. The molecule has 1 amide bonds. The van der Waals surface area contributed by atoms with Gasteiger partial charge in [-0.1, -0.05) is 29.4 Å². The molecule has 2 rings (SSSR count). The standard InChI is InChI=1S/C15H18N2O3/c1-3-19-10-13-6-4-12(5-7-13)9-16-15(18)14-8-11(2)17-20-14/h4-8H,3,9-10H2,1-2H3,(H,16,18). The van der Waals surface area contributed by atoms with Crippen LogP contribution >= 0.6 is 0 Å². The van der Waals surface area contributed by atoms with Gasteiger partial charge in [0, 0.05) is 19.2 Å². The molecule has 0 unspecified atom stereocenters. The van der Waals surface area contributed by atoms with Crippen molar-refractivity contribution < 1.29 is 14.1 Å². The van der Waals surface area contributed by atoms with Crippen LogP contribution in [0.25, 0.3) is 0 Å². The van der Waals surface area contributed by atoms with Gasteiger partial charge in [0.15, 0.2) is 0 Å². The van der Waals surface area contributed by atoms with Gasteiger partial charge in [-0.05, 0) is 25.0 Å². The Balaban J connectivity index is 1.86. The van der Waals surface area contributed by atoms with Crippen LogP contribution in [0.2, 0.25) is 0 Å². The summed E-state index contributed by atoms with van der Waals surface area (Å²) in [5, 5.41) is 6.47. The van der Waals surface area contributed by atoms with Crippen LogP contribution in [0.3, 0.4) is 0 Å². The van der Waals surface area contributed by atoms with Gasteiger partial charge < -0.3 is 14.6 Å². The number of hydrogen-bond acceptors (Lipinski definition) is 4. The van der Waals surface area contributed by atoms with Crippen molar-refractivity contribution in [3.8, 4) is 0 Å². The van der Waals surface area contributed by atoms with E-state index in [1.807, 2.05) is 31.2 Å². The highest BCUT2D eigenvalue weighted by Gasteiger charge is 2.10. The van der Waals surface area contributed by atoms with E-state index in [-0.39, 0.29) is 11.7 Å². The second-order valence-electron chi connectivity index (χ2n) is 4.47. The van der Waals surface area contributed by atoms with Crippen molar-refractivity contribution in [3.05, 3.63) is 52.9 Å². The summed E-state index contributed by atoms with van der Waals surface area (Å²) in [6, 6.07) is 9.55. The number of carbonyl (C=O) groups excluding carboxylic acids is 1. The molecule has 0 spiro atoms. The van der Waals surface area contributed by atoms with Crippen LogP contribution in [0.1, 0.15) is 34.3 Å². The maximum absolute atomic E-state index is 11.8. The molecule has 1 N–H and O–H groups in total. The Bertz CT molecular complexity index is 561. The fraction of sp³-hybridized carbons (Fsp3) is 0.333. The van der Waals surface area contributed by atoms with Crippen molar-refractivity contribution in [1.82, 2.24) is 10.5 Å². The highest BCUT2D eigenvalue weighted by molar-refractivity contribution is 5.91. The summed E-state index contributed by atoms with van der Waals surface area (Å²) in [5.41, 5.74) is 2.83. The Hall–Kier alpha value is -2.14.